The van der Waals surface area contributed by atoms with Crippen LogP contribution in [0.4, 0.5) is 0 Å². The molecule has 0 radical (unpaired) electrons. The number of rotatable bonds is 6. The predicted octanol–water partition coefficient (Wildman–Crippen LogP) is 1.38. The summed E-state index contributed by atoms with van der Waals surface area (Å²) >= 11 is 0. The molecule has 6 nitrogen and oxygen atoms in total. The molecule has 1 heterocycles. The molecule has 0 amide bonds. The lowest BCUT2D eigenvalue weighted by Crippen LogP contribution is -2.04. The number of hydrogen-bond donors (Lipinski definition) is 1. The van der Waals surface area contributed by atoms with Gasteiger partial charge in [-0.05, 0) is 31.3 Å². The van der Waals surface area contributed by atoms with Gasteiger partial charge in [-0.2, -0.15) is 0 Å². The van der Waals surface area contributed by atoms with Crippen molar-refractivity contribution in [2.45, 2.75) is 18.0 Å². The number of nitrogens with zero attached hydrogens (tertiary/aromatic N) is 1. The molecule has 0 saturated heterocycles. The third-order valence-electron chi connectivity index (χ3n) is 2.60. The second-order valence-electron chi connectivity index (χ2n) is 4.35. The second kappa shape index (κ2) is 6.06. The fraction of sp³-hybridized carbons (Fsp3) is 0.308. The molecular weight excluding hydrogens is 280 g/mol. The average molecular weight is 296 g/mol. The fourth-order valence-corrected chi connectivity index (χ4v) is 2.26. The number of ether oxygens (including phenoxy) is 1. The monoisotopic (exact) mass is 296 g/mol. The minimum Gasteiger partial charge on any atom is -0.486 e. The maximum Gasteiger partial charge on any atom is 0.175 e. The SMILES string of the molecule is CNCc1cc(COc2ccc(S(C)(=O)=O)cc2)on1. The van der Waals surface area contributed by atoms with E-state index < -0.39 is 9.84 Å². The Labute approximate surface area is 117 Å². The molecule has 0 aliphatic rings. The van der Waals surface area contributed by atoms with Crippen LogP contribution in [-0.4, -0.2) is 26.9 Å². The molecule has 7 heteroatoms. The molecule has 0 spiro atoms. The molecule has 2 rings (SSSR count). The minimum atomic E-state index is -3.18. The van der Waals surface area contributed by atoms with Crippen LogP contribution < -0.4 is 10.1 Å². The van der Waals surface area contributed by atoms with Crippen LogP contribution >= 0.6 is 0 Å². The Kier molecular flexibility index (Phi) is 4.41. The van der Waals surface area contributed by atoms with E-state index in [1.54, 1.807) is 18.2 Å². The van der Waals surface area contributed by atoms with Gasteiger partial charge in [0.2, 0.25) is 0 Å². The quantitative estimate of drug-likeness (QED) is 0.867. The highest BCUT2D eigenvalue weighted by atomic mass is 32.2. The molecule has 2 aromatic rings. The van der Waals surface area contributed by atoms with Crippen molar-refractivity contribution in [3.05, 3.63) is 41.8 Å². The minimum absolute atomic E-state index is 0.245. The summed E-state index contributed by atoms with van der Waals surface area (Å²) in [6, 6.07) is 8.05. The van der Waals surface area contributed by atoms with Crippen LogP contribution in [0, 0.1) is 0 Å². The van der Waals surface area contributed by atoms with E-state index in [-0.39, 0.29) is 11.5 Å². The molecule has 0 aliphatic carbocycles. The van der Waals surface area contributed by atoms with Crippen LogP contribution in [0.25, 0.3) is 0 Å². The maximum absolute atomic E-state index is 11.3. The fourth-order valence-electron chi connectivity index (χ4n) is 1.63. The van der Waals surface area contributed by atoms with E-state index in [9.17, 15) is 8.42 Å². The highest BCUT2D eigenvalue weighted by Crippen LogP contribution is 2.17. The van der Waals surface area contributed by atoms with Crippen molar-refractivity contribution in [1.29, 1.82) is 0 Å². The van der Waals surface area contributed by atoms with Crippen molar-refractivity contribution in [2.24, 2.45) is 0 Å². The van der Waals surface area contributed by atoms with E-state index in [2.05, 4.69) is 10.5 Å². The Bertz CT molecular complexity index is 662. The molecule has 1 aromatic carbocycles. The third-order valence-corrected chi connectivity index (χ3v) is 3.73. The molecular formula is C13H16N2O4S. The zero-order valence-corrected chi connectivity index (χ0v) is 12.1. The third kappa shape index (κ3) is 3.82. The van der Waals surface area contributed by atoms with Crippen LogP contribution in [0.1, 0.15) is 11.5 Å². The molecule has 0 aliphatic heterocycles. The zero-order valence-electron chi connectivity index (χ0n) is 11.3. The van der Waals surface area contributed by atoms with Crippen LogP contribution in [0.3, 0.4) is 0 Å². The normalized spacial score (nSPS) is 11.5. The Hall–Kier alpha value is -1.86. The van der Waals surface area contributed by atoms with Crippen molar-refractivity contribution < 1.29 is 17.7 Å². The lowest BCUT2D eigenvalue weighted by Gasteiger charge is -2.04. The first-order valence-electron chi connectivity index (χ1n) is 6.01. The van der Waals surface area contributed by atoms with Gasteiger partial charge >= 0.3 is 0 Å². The van der Waals surface area contributed by atoms with E-state index >= 15 is 0 Å². The van der Waals surface area contributed by atoms with Gasteiger partial charge in [-0.15, -0.1) is 0 Å². The molecule has 0 bridgehead atoms. The second-order valence-corrected chi connectivity index (χ2v) is 6.36. The molecule has 20 heavy (non-hydrogen) atoms. The number of nitrogens with one attached hydrogen (secondary N) is 1. The number of aromatic nitrogens is 1. The molecule has 1 N–H and O–H groups in total. The summed E-state index contributed by atoms with van der Waals surface area (Å²) in [5, 5.41) is 6.84. The number of hydrogen-bond acceptors (Lipinski definition) is 6. The van der Waals surface area contributed by atoms with E-state index in [0.29, 0.717) is 18.1 Å². The summed E-state index contributed by atoms with van der Waals surface area (Å²) in [4.78, 5) is 0.265. The first-order chi connectivity index (χ1) is 9.49. The van der Waals surface area contributed by atoms with Crippen molar-refractivity contribution in [2.75, 3.05) is 13.3 Å². The van der Waals surface area contributed by atoms with Gasteiger partial charge in [0.05, 0.1) is 10.6 Å². The molecule has 0 fully saturated rings. The van der Waals surface area contributed by atoms with E-state index in [1.807, 2.05) is 7.05 Å². The topological polar surface area (TPSA) is 81.4 Å². The Balaban J connectivity index is 1.96. The lowest BCUT2D eigenvalue weighted by atomic mass is 10.3. The lowest BCUT2D eigenvalue weighted by molar-refractivity contribution is 0.248. The number of sulfone groups is 1. The first kappa shape index (κ1) is 14.5. The summed E-state index contributed by atoms with van der Waals surface area (Å²) in [5.41, 5.74) is 0.804. The highest BCUT2D eigenvalue weighted by molar-refractivity contribution is 7.90. The van der Waals surface area contributed by atoms with Gasteiger partial charge < -0.3 is 14.6 Å². The zero-order chi connectivity index (χ0) is 14.6. The Morgan fingerprint density at radius 2 is 2.00 bits per heavy atom. The molecule has 1 aromatic heterocycles. The van der Waals surface area contributed by atoms with Crippen LogP contribution in [0.2, 0.25) is 0 Å². The van der Waals surface area contributed by atoms with Crippen LogP contribution in [-0.2, 0) is 23.0 Å². The standard InChI is InChI=1S/C13H16N2O4S/c1-14-8-10-7-12(19-15-10)9-18-11-3-5-13(6-4-11)20(2,16)17/h3-7,14H,8-9H2,1-2H3. The van der Waals surface area contributed by atoms with E-state index in [0.717, 1.165) is 5.69 Å². The maximum atomic E-state index is 11.3. The van der Waals surface area contributed by atoms with Crippen molar-refractivity contribution in [1.82, 2.24) is 10.5 Å². The van der Waals surface area contributed by atoms with Crippen LogP contribution in [0.15, 0.2) is 39.8 Å². The van der Waals surface area contributed by atoms with Crippen LogP contribution in [0.5, 0.6) is 5.75 Å². The van der Waals surface area contributed by atoms with Crippen molar-refractivity contribution in [3.63, 3.8) is 0 Å². The Morgan fingerprint density at radius 1 is 1.30 bits per heavy atom. The molecule has 0 atom stereocenters. The van der Waals surface area contributed by atoms with Gasteiger partial charge in [0.25, 0.3) is 0 Å². The predicted molar refractivity (Wildman–Crippen MR) is 73.2 cm³/mol. The molecule has 108 valence electrons. The molecule has 0 saturated carbocycles. The van der Waals surface area contributed by atoms with Gasteiger partial charge in [-0.25, -0.2) is 8.42 Å². The largest absolute Gasteiger partial charge is 0.486 e. The summed E-state index contributed by atoms with van der Waals surface area (Å²) in [7, 11) is -1.35. The highest BCUT2D eigenvalue weighted by Gasteiger charge is 2.07. The average Bonchev–Trinajstić information content (AvgIpc) is 2.84. The summed E-state index contributed by atoms with van der Waals surface area (Å²) in [6.07, 6.45) is 1.17. The van der Waals surface area contributed by atoms with Crippen molar-refractivity contribution in [3.8, 4) is 5.75 Å². The number of benzene rings is 1. The first-order valence-corrected chi connectivity index (χ1v) is 7.90. The molecule has 0 unspecified atom stereocenters. The van der Waals surface area contributed by atoms with E-state index in [4.69, 9.17) is 9.26 Å². The Morgan fingerprint density at radius 3 is 2.60 bits per heavy atom. The van der Waals surface area contributed by atoms with Crippen molar-refractivity contribution >= 4 is 9.84 Å². The van der Waals surface area contributed by atoms with E-state index in [1.165, 1.54) is 18.4 Å². The van der Waals surface area contributed by atoms with Gasteiger partial charge in [0.15, 0.2) is 15.6 Å². The van der Waals surface area contributed by atoms with Gasteiger partial charge in [-0.3, -0.25) is 0 Å². The summed E-state index contributed by atoms with van der Waals surface area (Å²) in [6.45, 7) is 0.876. The summed E-state index contributed by atoms with van der Waals surface area (Å²) in [5.74, 6) is 1.19. The summed E-state index contributed by atoms with van der Waals surface area (Å²) < 4.78 is 33.2. The van der Waals surface area contributed by atoms with Gasteiger partial charge in [-0.1, -0.05) is 5.16 Å². The smallest absolute Gasteiger partial charge is 0.175 e. The van der Waals surface area contributed by atoms with Gasteiger partial charge in [0, 0.05) is 18.9 Å². The van der Waals surface area contributed by atoms with Gasteiger partial charge in [0.1, 0.15) is 12.4 Å².